The first kappa shape index (κ1) is 12.2. The molecule has 0 radical (unpaired) electrons. The highest BCUT2D eigenvalue weighted by Gasteiger charge is 2.22. The minimum absolute atomic E-state index is 0.0823. The number of thioether (sulfide) groups is 1. The van der Waals surface area contributed by atoms with Crippen molar-refractivity contribution < 1.29 is 15.0 Å². The Morgan fingerprint density at radius 3 is 2.80 bits per heavy atom. The van der Waals surface area contributed by atoms with Gasteiger partial charge in [0.05, 0.1) is 6.10 Å². The van der Waals surface area contributed by atoms with Gasteiger partial charge < -0.3 is 14.8 Å². The van der Waals surface area contributed by atoms with Crippen molar-refractivity contribution >= 4 is 16.9 Å². The molecule has 0 amide bonds. The second kappa shape index (κ2) is 5.29. The molecule has 0 saturated carbocycles. The predicted molar refractivity (Wildman–Crippen MR) is 57.3 cm³/mol. The summed E-state index contributed by atoms with van der Waals surface area (Å²) in [5.41, 5.74) is 0. The standard InChI is InChI=1S/C9H14N2O3S/c1-6(12)15-5-7(13)8(14)9-10-3-4-11(9)2/h3-4,7-8,13-14H,5H2,1-2H3. The van der Waals surface area contributed by atoms with Crippen LogP contribution in [0.4, 0.5) is 0 Å². The zero-order valence-electron chi connectivity index (χ0n) is 8.62. The van der Waals surface area contributed by atoms with E-state index in [0.29, 0.717) is 5.82 Å². The van der Waals surface area contributed by atoms with Gasteiger partial charge >= 0.3 is 0 Å². The van der Waals surface area contributed by atoms with Crippen LogP contribution in [-0.4, -0.2) is 36.7 Å². The van der Waals surface area contributed by atoms with Crippen molar-refractivity contribution in [1.82, 2.24) is 9.55 Å². The number of aromatic nitrogens is 2. The van der Waals surface area contributed by atoms with Crippen LogP contribution in [0.3, 0.4) is 0 Å². The lowest BCUT2D eigenvalue weighted by Gasteiger charge is -2.16. The summed E-state index contributed by atoms with van der Waals surface area (Å²) in [4.78, 5) is 14.6. The average molecular weight is 230 g/mol. The van der Waals surface area contributed by atoms with E-state index in [0.717, 1.165) is 11.8 Å². The third-order valence-corrected chi connectivity index (χ3v) is 2.86. The van der Waals surface area contributed by atoms with Gasteiger partial charge in [-0.1, -0.05) is 11.8 Å². The fourth-order valence-electron chi connectivity index (χ4n) is 1.13. The number of imidazole rings is 1. The molecular weight excluding hydrogens is 216 g/mol. The molecule has 1 rings (SSSR count). The number of aliphatic hydroxyl groups excluding tert-OH is 2. The fourth-order valence-corrected chi connectivity index (χ4v) is 1.72. The molecule has 2 N–H and O–H groups in total. The van der Waals surface area contributed by atoms with Crippen LogP contribution >= 0.6 is 11.8 Å². The number of nitrogens with zero attached hydrogens (tertiary/aromatic N) is 2. The van der Waals surface area contributed by atoms with E-state index in [1.165, 1.54) is 6.92 Å². The molecule has 84 valence electrons. The van der Waals surface area contributed by atoms with Gasteiger partial charge in [0.15, 0.2) is 5.12 Å². The summed E-state index contributed by atoms with van der Waals surface area (Å²) in [5.74, 6) is 0.565. The van der Waals surface area contributed by atoms with Gasteiger partial charge in [-0.25, -0.2) is 4.98 Å². The highest BCUT2D eigenvalue weighted by molar-refractivity contribution is 8.13. The van der Waals surface area contributed by atoms with E-state index in [-0.39, 0.29) is 10.9 Å². The first-order chi connectivity index (χ1) is 7.02. The largest absolute Gasteiger partial charge is 0.389 e. The number of aliphatic hydroxyl groups is 2. The summed E-state index contributed by atoms with van der Waals surface area (Å²) in [6.07, 6.45) is 1.18. The van der Waals surface area contributed by atoms with E-state index in [4.69, 9.17) is 0 Å². The van der Waals surface area contributed by atoms with Crippen LogP contribution in [0.25, 0.3) is 0 Å². The van der Waals surface area contributed by atoms with E-state index in [2.05, 4.69) is 4.98 Å². The topological polar surface area (TPSA) is 75.3 Å². The van der Waals surface area contributed by atoms with Crippen LogP contribution in [0.2, 0.25) is 0 Å². The summed E-state index contributed by atoms with van der Waals surface area (Å²) in [6.45, 7) is 1.42. The Bertz CT molecular complexity index is 340. The molecule has 0 aliphatic heterocycles. The Morgan fingerprint density at radius 1 is 1.67 bits per heavy atom. The van der Waals surface area contributed by atoms with Crippen LogP contribution < -0.4 is 0 Å². The maximum absolute atomic E-state index is 10.7. The fraction of sp³-hybridized carbons (Fsp3) is 0.556. The second-order valence-corrected chi connectivity index (χ2v) is 4.41. The van der Waals surface area contributed by atoms with Gasteiger partial charge in [-0.2, -0.15) is 0 Å². The molecule has 2 atom stereocenters. The van der Waals surface area contributed by atoms with Crippen LogP contribution in [0.1, 0.15) is 18.9 Å². The van der Waals surface area contributed by atoms with E-state index in [9.17, 15) is 15.0 Å². The third kappa shape index (κ3) is 3.33. The first-order valence-corrected chi connectivity index (χ1v) is 5.47. The van der Waals surface area contributed by atoms with E-state index < -0.39 is 12.2 Å². The number of aryl methyl sites for hydroxylation is 1. The summed E-state index contributed by atoms with van der Waals surface area (Å²) in [5, 5.41) is 19.2. The number of carbonyl (C=O) groups excluding carboxylic acids is 1. The number of hydrogen-bond acceptors (Lipinski definition) is 5. The van der Waals surface area contributed by atoms with Gasteiger partial charge in [-0.15, -0.1) is 0 Å². The SMILES string of the molecule is CC(=O)SCC(O)C(O)c1nccn1C. The van der Waals surface area contributed by atoms with Crippen molar-refractivity contribution in [2.75, 3.05) is 5.75 Å². The Hall–Kier alpha value is -0.850. The quantitative estimate of drug-likeness (QED) is 0.767. The smallest absolute Gasteiger partial charge is 0.185 e. The minimum Gasteiger partial charge on any atom is -0.389 e. The van der Waals surface area contributed by atoms with Crippen molar-refractivity contribution in [2.24, 2.45) is 7.05 Å². The molecule has 1 aromatic heterocycles. The predicted octanol–water partition coefficient (Wildman–Crippen LogP) is 0.0941. The Kier molecular flexibility index (Phi) is 4.31. The van der Waals surface area contributed by atoms with E-state index in [1.54, 1.807) is 24.0 Å². The molecule has 0 aliphatic carbocycles. The maximum Gasteiger partial charge on any atom is 0.185 e. The highest BCUT2D eigenvalue weighted by atomic mass is 32.2. The summed E-state index contributed by atoms with van der Waals surface area (Å²) in [7, 11) is 1.73. The van der Waals surface area contributed by atoms with Gasteiger partial charge in [0.25, 0.3) is 0 Å². The maximum atomic E-state index is 10.7. The average Bonchev–Trinajstić information content (AvgIpc) is 2.59. The summed E-state index contributed by atoms with van der Waals surface area (Å²) < 4.78 is 1.63. The Balaban J connectivity index is 2.57. The first-order valence-electron chi connectivity index (χ1n) is 4.49. The number of hydrogen-bond donors (Lipinski definition) is 2. The lowest BCUT2D eigenvalue weighted by Crippen LogP contribution is -2.23. The third-order valence-electron chi connectivity index (χ3n) is 1.94. The molecule has 1 aromatic rings. The molecule has 0 spiro atoms. The van der Waals surface area contributed by atoms with Gasteiger partial charge in [0, 0.05) is 32.1 Å². The highest BCUT2D eigenvalue weighted by Crippen LogP contribution is 2.17. The molecule has 0 aliphatic rings. The van der Waals surface area contributed by atoms with Crippen molar-refractivity contribution in [2.45, 2.75) is 19.1 Å². The molecule has 6 heteroatoms. The van der Waals surface area contributed by atoms with E-state index >= 15 is 0 Å². The van der Waals surface area contributed by atoms with Crippen LogP contribution in [0.15, 0.2) is 12.4 Å². The zero-order chi connectivity index (χ0) is 11.4. The van der Waals surface area contributed by atoms with Crippen LogP contribution in [-0.2, 0) is 11.8 Å². The Morgan fingerprint density at radius 2 is 2.33 bits per heavy atom. The molecule has 2 unspecified atom stereocenters. The van der Waals surface area contributed by atoms with Crippen molar-refractivity contribution in [1.29, 1.82) is 0 Å². The van der Waals surface area contributed by atoms with E-state index in [1.807, 2.05) is 0 Å². The van der Waals surface area contributed by atoms with Crippen LogP contribution in [0, 0.1) is 0 Å². The van der Waals surface area contributed by atoms with Gasteiger partial charge in [0.2, 0.25) is 0 Å². The molecular formula is C9H14N2O3S. The molecule has 0 saturated heterocycles. The lowest BCUT2D eigenvalue weighted by molar-refractivity contribution is -0.109. The van der Waals surface area contributed by atoms with Crippen molar-refractivity contribution in [3.8, 4) is 0 Å². The zero-order valence-corrected chi connectivity index (χ0v) is 9.44. The minimum atomic E-state index is -1.06. The lowest BCUT2D eigenvalue weighted by atomic mass is 10.2. The molecule has 5 nitrogen and oxygen atoms in total. The molecule has 0 fully saturated rings. The Labute approximate surface area is 92.1 Å². The number of rotatable bonds is 4. The second-order valence-electron chi connectivity index (χ2n) is 3.21. The van der Waals surface area contributed by atoms with Crippen molar-refractivity contribution in [3.63, 3.8) is 0 Å². The monoisotopic (exact) mass is 230 g/mol. The normalized spacial score (nSPS) is 14.9. The van der Waals surface area contributed by atoms with Gasteiger partial charge in [-0.05, 0) is 0 Å². The van der Waals surface area contributed by atoms with Gasteiger partial charge in [-0.3, -0.25) is 4.79 Å². The molecule has 15 heavy (non-hydrogen) atoms. The summed E-state index contributed by atoms with van der Waals surface area (Å²) >= 11 is 0.985. The van der Waals surface area contributed by atoms with Gasteiger partial charge in [0.1, 0.15) is 11.9 Å². The number of carbonyl (C=O) groups is 1. The molecule has 1 heterocycles. The molecule has 0 aromatic carbocycles. The summed E-state index contributed by atoms with van der Waals surface area (Å²) in [6, 6.07) is 0. The van der Waals surface area contributed by atoms with Crippen LogP contribution in [0.5, 0.6) is 0 Å². The molecule has 0 bridgehead atoms. The van der Waals surface area contributed by atoms with Crippen molar-refractivity contribution in [3.05, 3.63) is 18.2 Å².